The second-order valence-electron chi connectivity index (χ2n) is 5.42. The summed E-state index contributed by atoms with van der Waals surface area (Å²) in [7, 11) is 0. The van der Waals surface area contributed by atoms with Crippen molar-refractivity contribution in [1.29, 1.82) is 0 Å². The Hall–Kier alpha value is -1.96. The minimum absolute atomic E-state index is 0.126. The summed E-state index contributed by atoms with van der Waals surface area (Å²) in [6.07, 6.45) is 2.73. The van der Waals surface area contributed by atoms with Crippen molar-refractivity contribution in [3.8, 4) is 11.3 Å². The summed E-state index contributed by atoms with van der Waals surface area (Å²) in [5, 5.41) is 0. The normalized spacial score (nSPS) is 22.1. The fourth-order valence-corrected chi connectivity index (χ4v) is 2.92. The molecule has 1 aromatic carbocycles. The summed E-state index contributed by atoms with van der Waals surface area (Å²) in [5.74, 6) is 0.854. The molecule has 0 radical (unpaired) electrons. The largest absolute Gasteiger partial charge is 0.294 e. The summed E-state index contributed by atoms with van der Waals surface area (Å²) < 4.78 is 0. The number of hydrogen-bond donors (Lipinski definition) is 0. The van der Waals surface area contributed by atoms with Crippen molar-refractivity contribution in [2.24, 2.45) is 5.92 Å². The van der Waals surface area contributed by atoms with Crippen molar-refractivity contribution in [3.63, 3.8) is 0 Å². The second-order valence-corrected chi connectivity index (χ2v) is 5.42. The van der Waals surface area contributed by atoms with E-state index in [1.165, 1.54) is 5.56 Å². The van der Waals surface area contributed by atoms with E-state index in [4.69, 9.17) is 0 Å². The van der Waals surface area contributed by atoms with Crippen molar-refractivity contribution in [1.82, 2.24) is 4.98 Å². The molecule has 19 heavy (non-hydrogen) atoms. The third-order valence-electron chi connectivity index (χ3n) is 3.97. The quantitative estimate of drug-likeness (QED) is 0.764. The Morgan fingerprint density at radius 2 is 1.95 bits per heavy atom. The lowest BCUT2D eigenvalue weighted by Crippen LogP contribution is -2.22. The lowest BCUT2D eigenvalue weighted by Gasteiger charge is -2.26. The fourth-order valence-electron chi connectivity index (χ4n) is 2.92. The minimum atomic E-state index is 0.126. The van der Waals surface area contributed by atoms with Crippen molar-refractivity contribution >= 4 is 5.78 Å². The van der Waals surface area contributed by atoms with Crippen molar-refractivity contribution in [3.05, 3.63) is 53.7 Å². The number of carbonyl (C=O) groups excluding carboxylic acids is 1. The third kappa shape index (κ3) is 2.07. The van der Waals surface area contributed by atoms with E-state index in [1.54, 1.807) is 6.20 Å². The van der Waals surface area contributed by atoms with E-state index < -0.39 is 0 Å². The standard InChI is InChI=1S/C17H17NO/c1-11-9-12(2)17(19)15-10-13(6-7-14(11)15)16-5-3-4-8-18-16/h3-8,10-12H,9H2,1-2H3. The van der Waals surface area contributed by atoms with Crippen LogP contribution < -0.4 is 0 Å². The predicted molar refractivity (Wildman–Crippen MR) is 76.2 cm³/mol. The molecule has 1 aromatic heterocycles. The van der Waals surface area contributed by atoms with Crippen LogP contribution in [0.15, 0.2) is 42.6 Å². The smallest absolute Gasteiger partial charge is 0.165 e. The van der Waals surface area contributed by atoms with Gasteiger partial charge in [0.15, 0.2) is 5.78 Å². The molecule has 2 aromatic rings. The Bertz CT molecular complexity index is 618. The SMILES string of the molecule is CC1CC(C)c2ccc(-c3ccccn3)cc2C1=O. The highest BCUT2D eigenvalue weighted by molar-refractivity contribution is 6.01. The summed E-state index contributed by atoms with van der Waals surface area (Å²) >= 11 is 0. The molecule has 0 saturated heterocycles. The van der Waals surface area contributed by atoms with E-state index in [0.29, 0.717) is 5.92 Å². The molecule has 1 aliphatic rings. The summed E-state index contributed by atoms with van der Waals surface area (Å²) in [4.78, 5) is 16.7. The third-order valence-corrected chi connectivity index (χ3v) is 3.97. The molecule has 0 aliphatic heterocycles. The molecule has 1 aliphatic carbocycles. The molecule has 0 bridgehead atoms. The summed E-state index contributed by atoms with van der Waals surface area (Å²) in [6, 6.07) is 12.0. The summed E-state index contributed by atoms with van der Waals surface area (Å²) in [6.45, 7) is 4.22. The number of nitrogens with zero attached hydrogens (tertiary/aromatic N) is 1. The monoisotopic (exact) mass is 251 g/mol. The van der Waals surface area contributed by atoms with Gasteiger partial charge in [-0.15, -0.1) is 0 Å². The van der Waals surface area contributed by atoms with Gasteiger partial charge in [-0.05, 0) is 36.1 Å². The molecule has 0 amide bonds. The zero-order chi connectivity index (χ0) is 13.4. The van der Waals surface area contributed by atoms with E-state index in [9.17, 15) is 4.79 Å². The molecule has 2 nitrogen and oxygen atoms in total. The van der Waals surface area contributed by atoms with Crippen LogP contribution in [0.25, 0.3) is 11.3 Å². The minimum Gasteiger partial charge on any atom is -0.294 e. The number of pyridine rings is 1. The molecule has 0 N–H and O–H groups in total. The molecule has 1 heterocycles. The second kappa shape index (κ2) is 4.61. The maximum absolute atomic E-state index is 12.3. The first-order valence-electron chi connectivity index (χ1n) is 6.76. The highest BCUT2D eigenvalue weighted by Crippen LogP contribution is 2.36. The van der Waals surface area contributed by atoms with Crippen LogP contribution in [0.3, 0.4) is 0 Å². The van der Waals surface area contributed by atoms with Crippen LogP contribution in [0, 0.1) is 5.92 Å². The lowest BCUT2D eigenvalue weighted by atomic mass is 9.77. The van der Waals surface area contributed by atoms with Gasteiger partial charge < -0.3 is 0 Å². The Labute approximate surface area is 113 Å². The first-order valence-corrected chi connectivity index (χ1v) is 6.76. The van der Waals surface area contributed by atoms with E-state index >= 15 is 0 Å². The van der Waals surface area contributed by atoms with Gasteiger partial charge in [0.25, 0.3) is 0 Å². The Balaban J connectivity index is 2.11. The topological polar surface area (TPSA) is 30.0 Å². The number of hydrogen-bond acceptors (Lipinski definition) is 2. The van der Waals surface area contributed by atoms with Gasteiger partial charge in [-0.2, -0.15) is 0 Å². The average Bonchev–Trinajstić information content (AvgIpc) is 2.45. The van der Waals surface area contributed by atoms with E-state index in [-0.39, 0.29) is 11.7 Å². The lowest BCUT2D eigenvalue weighted by molar-refractivity contribution is 0.0906. The van der Waals surface area contributed by atoms with Gasteiger partial charge in [0.1, 0.15) is 0 Å². The molecule has 2 heteroatoms. The number of Topliss-reactive ketones (excluding diaryl/α,β-unsaturated/α-hetero) is 1. The average molecular weight is 251 g/mol. The number of fused-ring (bicyclic) bond motifs is 1. The van der Waals surface area contributed by atoms with Crippen LogP contribution in [-0.2, 0) is 0 Å². The van der Waals surface area contributed by atoms with Gasteiger partial charge in [0, 0.05) is 23.2 Å². The molecular weight excluding hydrogens is 234 g/mol. The van der Waals surface area contributed by atoms with Crippen molar-refractivity contribution in [2.45, 2.75) is 26.2 Å². The molecule has 0 saturated carbocycles. The van der Waals surface area contributed by atoms with E-state index in [2.05, 4.69) is 24.0 Å². The molecule has 0 spiro atoms. The zero-order valence-electron chi connectivity index (χ0n) is 11.3. The highest BCUT2D eigenvalue weighted by atomic mass is 16.1. The predicted octanol–water partition coefficient (Wildman–Crippen LogP) is 4.07. The van der Waals surface area contributed by atoms with Crippen molar-refractivity contribution in [2.75, 3.05) is 0 Å². The van der Waals surface area contributed by atoms with Gasteiger partial charge in [-0.1, -0.05) is 32.0 Å². The van der Waals surface area contributed by atoms with Gasteiger partial charge in [-0.25, -0.2) is 0 Å². The maximum Gasteiger partial charge on any atom is 0.165 e. The van der Waals surface area contributed by atoms with Crippen LogP contribution in [0.2, 0.25) is 0 Å². The first-order chi connectivity index (χ1) is 9.16. The van der Waals surface area contributed by atoms with Crippen molar-refractivity contribution < 1.29 is 4.79 Å². The van der Waals surface area contributed by atoms with E-state index in [1.807, 2.05) is 31.2 Å². The van der Waals surface area contributed by atoms with Crippen LogP contribution in [0.1, 0.15) is 42.1 Å². The van der Waals surface area contributed by atoms with Gasteiger partial charge in [0.05, 0.1) is 5.69 Å². The number of rotatable bonds is 1. The molecule has 0 fully saturated rings. The van der Waals surface area contributed by atoms with Crippen LogP contribution >= 0.6 is 0 Å². The van der Waals surface area contributed by atoms with E-state index in [0.717, 1.165) is 23.2 Å². The number of benzene rings is 1. The maximum atomic E-state index is 12.3. The van der Waals surface area contributed by atoms with Gasteiger partial charge in [-0.3, -0.25) is 9.78 Å². The molecule has 2 atom stereocenters. The zero-order valence-corrected chi connectivity index (χ0v) is 11.3. The Kier molecular flexibility index (Phi) is 2.94. The number of carbonyl (C=O) groups is 1. The Morgan fingerprint density at radius 3 is 2.68 bits per heavy atom. The molecule has 2 unspecified atom stereocenters. The van der Waals surface area contributed by atoms with Crippen LogP contribution in [0.4, 0.5) is 0 Å². The number of ketones is 1. The molecule has 96 valence electrons. The molecular formula is C17H17NO. The number of aromatic nitrogens is 1. The fraction of sp³-hybridized carbons (Fsp3) is 0.294. The van der Waals surface area contributed by atoms with Crippen LogP contribution in [-0.4, -0.2) is 10.8 Å². The Morgan fingerprint density at radius 1 is 1.11 bits per heavy atom. The highest BCUT2D eigenvalue weighted by Gasteiger charge is 2.28. The van der Waals surface area contributed by atoms with Gasteiger partial charge in [0.2, 0.25) is 0 Å². The first kappa shape index (κ1) is 12.1. The molecule has 3 rings (SSSR count). The van der Waals surface area contributed by atoms with Gasteiger partial charge >= 0.3 is 0 Å². The summed E-state index contributed by atoms with van der Waals surface area (Å²) in [5.41, 5.74) is 4.01. The van der Waals surface area contributed by atoms with Crippen LogP contribution in [0.5, 0.6) is 0 Å².